The fourth-order valence-electron chi connectivity index (χ4n) is 0.635. The molecule has 0 aliphatic heterocycles. The molecule has 56 valence electrons. The standard InChI is InChI=1S/C5H7Cl2N3/c1-2-3-10-5(7)4(6)8-9-10/h2-3H2,1H3. The summed E-state index contributed by atoms with van der Waals surface area (Å²) >= 11 is 11.2. The van der Waals surface area contributed by atoms with E-state index >= 15 is 0 Å². The molecule has 0 saturated carbocycles. The third kappa shape index (κ3) is 1.41. The minimum absolute atomic E-state index is 0.273. The van der Waals surface area contributed by atoms with Gasteiger partial charge >= 0.3 is 0 Å². The topological polar surface area (TPSA) is 30.7 Å². The van der Waals surface area contributed by atoms with E-state index in [1.54, 1.807) is 4.68 Å². The van der Waals surface area contributed by atoms with E-state index in [9.17, 15) is 0 Å². The lowest BCUT2D eigenvalue weighted by Crippen LogP contribution is -1.98. The number of aryl methyl sites for hydroxylation is 1. The Morgan fingerprint density at radius 3 is 2.60 bits per heavy atom. The first-order chi connectivity index (χ1) is 4.75. The zero-order valence-corrected chi connectivity index (χ0v) is 7.02. The molecular weight excluding hydrogens is 173 g/mol. The number of hydrogen-bond donors (Lipinski definition) is 0. The number of rotatable bonds is 2. The van der Waals surface area contributed by atoms with Gasteiger partial charge in [0.2, 0.25) is 0 Å². The molecule has 0 spiro atoms. The number of aromatic nitrogens is 3. The van der Waals surface area contributed by atoms with Crippen molar-refractivity contribution in [2.24, 2.45) is 0 Å². The second kappa shape index (κ2) is 3.21. The molecule has 1 aromatic rings. The second-order valence-electron chi connectivity index (χ2n) is 1.89. The SMILES string of the molecule is CCCn1nnc(Cl)c1Cl. The molecule has 3 nitrogen and oxygen atoms in total. The van der Waals surface area contributed by atoms with E-state index in [4.69, 9.17) is 23.2 Å². The van der Waals surface area contributed by atoms with Crippen molar-refractivity contribution in [3.63, 3.8) is 0 Å². The molecule has 0 aromatic carbocycles. The minimum atomic E-state index is 0.273. The van der Waals surface area contributed by atoms with Gasteiger partial charge in [0, 0.05) is 6.54 Å². The first kappa shape index (κ1) is 7.82. The smallest absolute Gasteiger partial charge is 0.190 e. The van der Waals surface area contributed by atoms with Crippen LogP contribution in [0.2, 0.25) is 10.3 Å². The molecule has 10 heavy (non-hydrogen) atoms. The Bertz CT molecular complexity index is 221. The minimum Gasteiger partial charge on any atom is -0.232 e. The van der Waals surface area contributed by atoms with Gasteiger partial charge in [-0.2, -0.15) is 0 Å². The van der Waals surface area contributed by atoms with Crippen LogP contribution in [0.5, 0.6) is 0 Å². The van der Waals surface area contributed by atoms with Crippen LogP contribution in [-0.4, -0.2) is 15.0 Å². The lowest BCUT2D eigenvalue weighted by atomic mass is 10.5. The molecule has 0 amide bonds. The lowest BCUT2D eigenvalue weighted by molar-refractivity contribution is 0.579. The van der Waals surface area contributed by atoms with Crippen molar-refractivity contribution in [1.82, 2.24) is 15.0 Å². The van der Waals surface area contributed by atoms with Crippen LogP contribution in [0.15, 0.2) is 0 Å². The number of nitrogens with zero attached hydrogens (tertiary/aromatic N) is 3. The highest BCUT2D eigenvalue weighted by molar-refractivity contribution is 6.40. The summed E-state index contributed by atoms with van der Waals surface area (Å²) in [4.78, 5) is 0. The van der Waals surface area contributed by atoms with Crippen molar-refractivity contribution in [2.45, 2.75) is 19.9 Å². The van der Waals surface area contributed by atoms with Gasteiger partial charge in [0.25, 0.3) is 0 Å². The third-order valence-electron chi connectivity index (χ3n) is 1.07. The molecule has 0 atom stereocenters. The average Bonchev–Trinajstić information content (AvgIpc) is 2.20. The first-order valence-corrected chi connectivity index (χ1v) is 3.75. The molecule has 1 heterocycles. The summed E-state index contributed by atoms with van der Waals surface area (Å²) in [5.41, 5.74) is 0. The van der Waals surface area contributed by atoms with Crippen molar-refractivity contribution >= 4 is 23.2 Å². The summed E-state index contributed by atoms with van der Waals surface area (Å²) in [5.74, 6) is 0. The quantitative estimate of drug-likeness (QED) is 0.696. The van der Waals surface area contributed by atoms with Crippen LogP contribution in [-0.2, 0) is 6.54 Å². The molecule has 0 saturated heterocycles. The lowest BCUT2D eigenvalue weighted by Gasteiger charge is -1.95. The molecule has 0 aliphatic rings. The Kier molecular flexibility index (Phi) is 2.51. The number of hydrogen-bond acceptors (Lipinski definition) is 2. The summed E-state index contributed by atoms with van der Waals surface area (Å²) in [5, 5.41) is 7.98. The summed E-state index contributed by atoms with van der Waals surface area (Å²) in [7, 11) is 0. The van der Waals surface area contributed by atoms with Crippen LogP contribution in [0, 0.1) is 0 Å². The van der Waals surface area contributed by atoms with Crippen molar-refractivity contribution in [3.8, 4) is 0 Å². The normalized spacial score (nSPS) is 10.3. The van der Waals surface area contributed by atoms with E-state index < -0.39 is 0 Å². The zero-order chi connectivity index (χ0) is 7.56. The fraction of sp³-hybridized carbons (Fsp3) is 0.600. The van der Waals surface area contributed by atoms with Crippen LogP contribution in [0.25, 0.3) is 0 Å². The van der Waals surface area contributed by atoms with E-state index in [0.29, 0.717) is 5.15 Å². The molecule has 0 fully saturated rings. The monoisotopic (exact) mass is 179 g/mol. The molecule has 5 heteroatoms. The third-order valence-corrected chi connectivity index (χ3v) is 1.80. The molecule has 1 aromatic heterocycles. The van der Waals surface area contributed by atoms with Crippen LogP contribution in [0.1, 0.15) is 13.3 Å². The highest BCUT2D eigenvalue weighted by Crippen LogP contribution is 2.17. The van der Waals surface area contributed by atoms with Gasteiger partial charge < -0.3 is 0 Å². The van der Waals surface area contributed by atoms with Crippen molar-refractivity contribution in [2.75, 3.05) is 0 Å². The van der Waals surface area contributed by atoms with Crippen LogP contribution in [0.3, 0.4) is 0 Å². The Balaban J connectivity index is 2.83. The summed E-state index contributed by atoms with van der Waals surface area (Å²) in [6.07, 6.45) is 0.972. The Hall–Kier alpha value is -0.280. The van der Waals surface area contributed by atoms with Gasteiger partial charge in [-0.3, -0.25) is 0 Å². The summed E-state index contributed by atoms with van der Waals surface area (Å²) in [6, 6.07) is 0. The van der Waals surface area contributed by atoms with E-state index in [1.165, 1.54) is 0 Å². The molecule has 0 N–H and O–H groups in total. The maximum absolute atomic E-state index is 5.69. The van der Waals surface area contributed by atoms with Crippen LogP contribution >= 0.6 is 23.2 Å². The van der Waals surface area contributed by atoms with Crippen molar-refractivity contribution in [1.29, 1.82) is 0 Å². The van der Waals surface area contributed by atoms with E-state index in [0.717, 1.165) is 13.0 Å². The van der Waals surface area contributed by atoms with Gasteiger partial charge in [0.15, 0.2) is 10.3 Å². The number of halogens is 2. The van der Waals surface area contributed by atoms with Crippen LogP contribution in [0.4, 0.5) is 0 Å². The van der Waals surface area contributed by atoms with Crippen molar-refractivity contribution < 1.29 is 0 Å². The maximum atomic E-state index is 5.69. The highest BCUT2D eigenvalue weighted by atomic mass is 35.5. The summed E-state index contributed by atoms with van der Waals surface area (Å²) in [6.45, 7) is 2.80. The van der Waals surface area contributed by atoms with Gasteiger partial charge in [-0.05, 0) is 6.42 Å². The molecule has 0 bridgehead atoms. The second-order valence-corrected chi connectivity index (χ2v) is 2.61. The predicted molar refractivity (Wildman–Crippen MR) is 40.3 cm³/mol. The molecular formula is C5H7Cl2N3. The predicted octanol–water partition coefficient (Wildman–Crippen LogP) is 1.99. The van der Waals surface area contributed by atoms with Crippen molar-refractivity contribution in [3.05, 3.63) is 10.3 Å². The molecule has 1 rings (SSSR count). The summed E-state index contributed by atoms with van der Waals surface area (Å²) < 4.78 is 1.57. The largest absolute Gasteiger partial charge is 0.232 e. The van der Waals surface area contributed by atoms with Gasteiger partial charge in [-0.1, -0.05) is 35.3 Å². The van der Waals surface area contributed by atoms with Gasteiger partial charge in [-0.15, -0.1) is 5.10 Å². The van der Waals surface area contributed by atoms with E-state index in [2.05, 4.69) is 10.3 Å². The zero-order valence-electron chi connectivity index (χ0n) is 5.51. The molecule has 0 unspecified atom stereocenters. The average molecular weight is 180 g/mol. The van der Waals surface area contributed by atoms with Gasteiger partial charge in [0.05, 0.1) is 0 Å². The van der Waals surface area contributed by atoms with Gasteiger partial charge in [0.1, 0.15) is 0 Å². The Morgan fingerprint density at radius 2 is 2.20 bits per heavy atom. The highest BCUT2D eigenvalue weighted by Gasteiger charge is 2.05. The maximum Gasteiger partial charge on any atom is 0.190 e. The molecule has 0 radical (unpaired) electrons. The van der Waals surface area contributed by atoms with Crippen LogP contribution < -0.4 is 0 Å². The van der Waals surface area contributed by atoms with E-state index in [1.807, 2.05) is 6.92 Å². The fourth-order valence-corrected chi connectivity index (χ4v) is 0.922. The van der Waals surface area contributed by atoms with E-state index in [-0.39, 0.29) is 5.15 Å². The first-order valence-electron chi connectivity index (χ1n) is 3.00. The Morgan fingerprint density at radius 1 is 1.50 bits per heavy atom. The Labute approximate surface area is 68.9 Å². The van der Waals surface area contributed by atoms with Gasteiger partial charge in [-0.25, -0.2) is 4.68 Å². The molecule has 0 aliphatic carbocycles.